The van der Waals surface area contributed by atoms with Crippen LogP contribution in [0.15, 0.2) is 47.7 Å². The molecule has 0 unspecified atom stereocenters. The van der Waals surface area contributed by atoms with Crippen LogP contribution < -0.4 is 5.43 Å². The minimum Gasteiger partial charge on any atom is -0.278 e. The molecule has 2 aromatic rings. The van der Waals surface area contributed by atoms with Gasteiger partial charge in [0.1, 0.15) is 0 Å². The molecule has 0 saturated heterocycles. The molecule has 3 heteroatoms. The quantitative estimate of drug-likeness (QED) is 0.643. The Morgan fingerprint density at radius 3 is 2.71 bits per heavy atom. The lowest BCUT2D eigenvalue weighted by atomic mass is 10.1. The van der Waals surface area contributed by atoms with Crippen molar-refractivity contribution >= 4 is 11.9 Å². The summed E-state index contributed by atoms with van der Waals surface area (Å²) < 4.78 is 0. The lowest BCUT2D eigenvalue weighted by Gasteiger charge is -2.03. The Morgan fingerprint density at radius 1 is 1.12 bits per heavy atom. The van der Waals surface area contributed by atoms with E-state index in [2.05, 4.69) is 41.5 Å². The van der Waals surface area contributed by atoms with Crippen molar-refractivity contribution in [2.45, 2.75) is 13.8 Å². The number of pyridine rings is 1. The number of anilines is 1. The Hall–Kier alpha value is -2.16. The molecule has 0 aliphatic carbocycles. The van der Waals surface area contributed by atoms with Gasteiger partial charge in [-0.15, -0.1) is 0 Å². The average molecular weight is 225 g/mol. The lowest BCUT2D eigenvalue weighted by Crippen LogP contribution is -1.93. The molecule has 0 radical (unpaired) electrons. The molecular weight excluding hydrogens is 210 g/mol. The van der Waals surface area contributed by atoms with Gasteiger partial charge in [-0.2, -0.15) is 5.10 Å². The Kier molecular flexibility index (Phi) is 3.50. The van der Waals surface area contributed by atoms with Gasteiger partial charge in [-0.25, -0.2) is 0 Å². The van der Waals surface area contributed by atoms with E-state index in [-0.39, 0.29) is 0 Å². The fourth-order valence-corrected chi connectivity index (χ4v) is 1.44. The number of nitrogens with one attached hydrogen (secondary N) is 1. The highest BCUT2D eigenvalue weighted by Gasteiger charge is 1.94. The van der Waals surface area contributed by atoms with Crippen molar-refractivity contribution in [2.75, 3.05) is 5.43 Å². The molecule has 3 nitrogen and oxygen atoms in total. The summed E-state index contributed by atoms with van der Waals surface area (Å²) in [5, 5.41) is 4.15. The molecule has 2 rings (SSSR count). The van der Waals surface area contributed by atoms with E-state index in [4.69, 9.17) is 0 Å². The molecule has 0 aliphatic heterocycles. The highest BCUT2D eigenvalue weighted by atomic mass is 15.3. The monoisotopic (exact) mass is 225 g/mol. The first kappa shape index (κ1) is 11.3. The van der Waals surface area contributed by atoms with Crippen LogP contribution in [-0.2, 0) is 0 Å². The molecule has 1 aromatic carbocycles. The van der Waals surface area contributed by atoms with Crippen molar-refractivity contribution < 1.29 is 0 Å². The largest absolute Gasteiger partial charge is 0.278 e. The summed E-state index contributed by atoms with van der Waals surface area (Å²) >= 11 is 0. The van der Waals surface area contributed by atoms with Gasteiger partial charge >= 0.3 is 0 Å². The minimum atomic E-state index is 0.837. The van der Waals surface area contributed by atoms with Crippen LogP contribution in [0.1, 0.15) is 16.8 Å². The minimum absolute atomic E-state index is 0.837. The number of nitrogens with zero attached hydrogens (tertiary/aromatic N) is 2. The number of hydrogen-bond acceptors (Lipinski definition) is 3. The molecular formula is C14H15N3. The number of benzene rings is 1. The van der Waals surface area contributed by atoms with Gasteiger partial charge in [-0.05, 0) is 49.2 Å². The molecule has 0 aliphatic rings. The lowest BCUT2D eigenvalue weighted by molar-refractivity contribution is 1.27. The zero-order chi connectivity index (χ0) is 12.1. The van der Waals surface area contributed by atoms with E-state index in [1.54, 1.807) is 12.4 Å². The SMILES string of the molecule is Cc1ccc(N/N=C/c2ccccn2)cc1C. The van der Waals surface area contributed by atoms with Crippen molar-refractivity contribution in [2.24, 2.45) is 5.10 Å². The third kappa shape index (κ3) is 3.14. The van der Waals surface area contributed by atoms with Crippen molar-refractivity contribution in [1.82, 2.24) is 4.98 Å². The fraction of sp³-hybridized carbons (Fsp3) is 0.143. The summed E-state index contributed by atoms with van der Waals surface area (Å²) in [6.07, 6.45) is 3.45. The van der Waals surface area contributed by atoms with Crippen LogP contribution in [0.25, 0.3) is 0 Å². The van der Waals surface area contributed by atoms with E-state index in [0.717, 1.165) is 11.4 Å². The smallest absolute Gasteiger partial charge is 0.0830 e. The zero-order valence-electron chi connectivity index (χ0n) is 10.0. The first-order valence-electron chi connectivity index (χ1n) is 5.53. The zero-order valence-corrected chi connectivity index (χ0v) is 10.0. The second-order valence-electron chi connectivity index (χ2n) is 3.92. The standard InChI is InChI=1S/C14H15N3/c1-11-6-7-13(9-12(11)2)17-16-10-14-5-3-4-8-15-14/h3-10,17H,1-2H3/b16-10+. The molecule has 1 N–H and O–H groups in total. The summed E-state index contributed by atoms with van der Waals surface area (Å²) in [5.74, 6) is 0. The molecule has 0 saturated carbocycles. The Balaban J connectivity index is 2.03. The van der Waals surface area contributed by atoms with Gasteiger partial charge in [-0.3, -0.25) is 10.4 Å². The fourth-order valence-electron chi connectivity index (χ4n) is 1.44. The van der Waals surface area contributed by atoms with E-state index in [0.29, 0.717) is 0 Å². The predicted molar refractivity (Wildman–Crippen MR) is 71.4 cm³/mol. The van der Waals surface area contributed by atoms with Crippen molar-refractivity contribution in [3.05, 3.63) is 59.4 Å². The summed E-state index contributed by atoms with van der Waals surface area (Å²) in [6.45, 7) is 4.18. The molecule has 17 heavy (non-hydrogen) atoms. The summed E-state index contributed by atoms with van der Waals surface area (Å²) in [7, 11) is 0. The molecule has 0 spiro atoms. The average Bonchev–Trinajstić information content (AvgIpc) is 2.35. The molecule has 0 fully saturated rings. The topological polar surface area (TPSA) is 37.3 Å². The molecule has 1 heterocycles. The first-order chi connectivity index (χ1) is 8.25. The van der Waals surface area contributed by atoms with Crippen LogP contribution in [0.5, 0.6) is 0 Å². The third-order valence-electron chi connectivity index (χ3n) is 2.59. The molecule has 0 bridgehead atoms. The number of aromatic nitrogens is 1. The Labute approximate surface area is 101 Å². The molecule has 1 aromatic heterocycles. The van der Waals surface area contributed by atoms with Gasteiger partial charge in [0.15, 0.2) is 0 Å². The highest BCUT2D eigenvalue weighted by molar-refractivity contribution is 5.77. The van der Waals surface area contributed by atoms with Crippen LogP contribution in [0.4, 0.5) is 5.69 Å². The van der Waals surface area contributed by atoms with Gasteiger partial charge in [0.2, 0.25) is 0 Å². The van der Waals surface area contributed by atoms with Crippen molar-refractivity contribution in [1.29, 1.82) is 0 Å². The van der Waals surface area contributed by atoms with E-state index in [1.807, 2.05) is 24.3 Å². The van der Waals surface area contributed by atoms with Crippen molar-refractivity contribution in [3.8, 4) is 0 Å². The van der Waals surface area contributed by atoms with Gasteiger partial charge < -0.3 is 0 Å². The van der Waals surface area contributed by atoms with Crippen LogP contribution in [0, 0.1) is 13.8 Å². The van der Waals surface area contributed by atoms with Crippen LogP contribution in [-0.4, -0.2) is 11.2 Å². The maximum absolute atomic E-state index is 4.15. The highest BCUT2D eigenvalue weighted by Crippen LogP contribution is 2.13. The molecule has 0 atom stereocenters. The van der Waals surface area contributed by atoms with Crippen molar-refractivity contribution in [3.63, 3.8) is 0 Å². The van der Waals surface area contributed by atoms with Gasteiger partial charge in [-0.1, -0.05) is 12.1 Å². The first-order valence-corrected chi connectivity index (χ1v) is 5.53. The Morgan fingerprint density at radius 2 is 2.00 bits per heavy atom. The van der Waals surface area contributed by atoms with Crippen LogP contribution in [0.3, 0.4) is 0 Å². The van der Waals surface area contributed by atoms with Gasteiger partial charge in [0, 0.05) is 6.20 Å². The maximum Gasteiger partial charge on any atom is 0.0830 e. The second-order valence-corrected chi connectivity index (χ2v) is 3.92. The van der Waals surface area contributed by atoms with E-state index in [9.17, 15) is 0 Å². The van der Waals surface area contributed by atoms with Gasteiger partial charge in [0.25, 0.3) is 0 Å². The van der Waals surface area contributed by atoms with Gasteiger partial charge in [0.05, 0.1) is 17.6 Å². The molecule has 0 amide bonds. The predicted octanol–water partition coefficient (Wildman–Crippen LogP) is 3.14. The number of aryl methyl sites for hydroxylation is 2. The van der Waals surface area contributed by atoms with Crippen LogP contribution >= 0.6 is 0 Å². The van der Waals surface area contributed by atoms with Crippen LogP contribution in [0.2, 0.25) is 0 Å². The number of hydrazone groups is 1. The molecule has 86 valence electrons. The number of rotatable bonds is 3. The summed E-state index contributed by atoms with van der Waals surface area (Å²) in [5.41, 5.74) is 7.35. The maximum atomic E-state index is 4.15. The normalized spacial score (nSPS) is 10.7. The Bertz CT molecular complexity index is 518. The van der Waals surface area contributed by atoms with E-state index >= 15 is 0 Å². The summed E-state index contributed by atoms with van der Waals surface area (Å²) in [4.78, 5) is 4.15. The van der Waals surface area contributed by atoms with E-state index in [1.165, 1.54) is 11.1 Å². The van der Waals surface area contributed by atoms with E-state index < -0.39 is 0 Å². The second kappa shape index (κ2) is 5.25. The summed E-state index contributed by atoms with van der Waals surface area (Å²) in [6, 6.07) is 11.9. The number of hydrogen-bond donors (Lipinski definition) is 1. The third-order valence-corrected chi connectivity index (χ3v) is 2.59.